The van der Waals surface area contributed by atoms with E-state index in [4.69, 9.17) is 5.73 Å². The minimum atomic E-state index is 0.100. The fraction of sp³-hybridized carbons (Fsp3) is 0.931. The van der Waals surface area contributed by atoms with Gasteiger partial charge in [-0.2, -0.15) is 0 Å². The molecule has 0 aromatic carbocycles. The fourth-order valence-corrected chi connectivity index (χ4v) is 9.95. The third kappa shape index (κ3) is 4.50. The van der Waals surface area contributed by atoms with E-state index < -0.39 is 0 Å². The first-order chi connectivity index (χ1) is 15.7. The van der Waals surface area contributed by atoms with E-state index >= 15 is 0 Å². The Labute approximate surface area is 209 Å². The largest absolute Gasteiger partial charge is 0.372 e. The van der Waals surface area contributed by atoms with Crippen molar-refractivity contribution in [3.8, 4) is 0 Å². The van der Waals surface area contributed by atoms with Crippen LogP contribution in [0.25, 0.3) is 0 Å². The van der Waals surface area contributed by atoms with E-state index in [1.54, 1.807) is 11.9 Å². The third-order valence-electron chi connectivity index (χ3n) is 11.3. The number of rotatable bonds is 9. The molecule has 0 aromatic heterocycles. The summed E-state index contributed by atoms with van der Waals surface area (Å²) in [4.78, 5) is 0. The average molecular weight is 476 g/mol. The van der Waals surface area contributed by atoms with Gasteiger partial charge in [0, 0.05) is 17.3 Å². The van der Waals surface area contributed by atoms with Crippen LogP contribution in [0.3, 0.4) is 0 Å². The van der Waals surface area contributed by atoms with Gasteiger partial charge in [0.2, 0.25) is 0 Å². The molecule has 4 aliphatic rings. The summed E-state index contributed by atoms with van der Waals surface area (Å²) in [6.07, 6.45) is 16.6. The molecule has 4 heteroatoms. The van der Waals surface area contributed by atoms with Crippen molar-refractivity contribution >= 4 is 11.9 Å². The van der Waals surface area contributed by atoms with E-state index in [-0.39, 0.29) is 5.54 Å². The predicted molar refractivity (Wildman–Crippen MR) is 145 cm³/mol. The maximum Gasteiger partial charge on any atom is 0.101 e. The smallest absolute Gasteiger partial charge is 0.101 e. The molecule has 0 aliphatic heterocycles. The van der Waals surface area contributed by atoms with Crippen molar-refractivity contribution in [3.05, 3.63) is 12.4 Å². The Hall–Kier alpha value is -0.350. The van der Waals surface area contributed by atoms with Crippen LogP contribution in [0.15, 0.2) is 12.4 Å². The Kier molecular flexibility index (Phi) is 7.76. The molecule has 0 amide bonds. The lowest BCUT2D eigenvalue weighted by atomic mass is 9.40. The van der Waals surface area contributed by atoms with Gasteiger partial charge in [0.05, 0.1) is 0 Å². The second-order valence-corrected chi connectivity index (χ2v) is 14.4. The molecule has 0 radical (unpaired) electrons. The van der Waals surface area contributed by atoms with Gasteiger partial charge in [0.25, 0.3) is 0 Å². The quantitative estimate of drug-likeness (QED) is 0.243. The summed E-state index contributed by atoms with van der Waals surface area (Å²) in [6.45, 7) is 17.3. The highest BCUT2D eigenvalue weighted by Crippen LogP contribution is 2.69. The van der Waals surface area contributed by atoms with Crippen LogP contribution < -0.4 is 15.8 Å². The molecular formula is C29H53N3S. The number of hydrogen-bond donors (Lipinski definition) is 3. The van der Waals surface area contributed by atoms with Crippen molar-refractivity contribution in [2.75, 3.05) is 6.54 Å². The van der Waals surface area contributed by atoms with E-state index in [1.165, 1.54) is 77.0 Å². The molecule has 4 saturated carbocycles. The van der Waals surface area contributed by atoms with Gasteiger partial charge in [0.15, 0.2) is 0 Å². The van der Waals surface area contributed by atoms with Gasteiger partial charge in [-0.05, 0) is 110 Å². The van der Waals surface area contributed by atoms with Crippen LogP contribution in [0.4, 0.5) is 0 Å². The standard InChI is InChI=1S/C29H53N3S/c1-7-22-19-24-25-13-12-23(11-10-18-31-21(4)32-33-20(2)3)27(25,5)17-14-26(24)28(6)15-8-9-16-29(22,28)30/h20,22-26,31-32H,4,7-19,30H2,1-3,5-6H3/t22-,23?,24?,25?,26-,27?,28?,29?/m0/s1. The molecule has 4 fully saturated rings. The molecule has 3 nitrogen and oxygen atoms in total. The minimum Gasteiger partial charge on any atom is -0.372 e. The molecule has 0 spiro atoms. The third-order valence-corrected chi connectivity index (χ3v) is 12.2. The van der Waals surface area contributed by atoms with Gasteiger partial charge in [-0.25, -0.2) is 0 Å². The van der Waals surface area contributed by atoms with Gasteiger partial charge >= 0.3 is 0 Å². The normalized spacial score (nSPS) is 44.6. The molecule has 0 heterocycles. The van der Waals surface area contributed by atoms with E-state index in [2.05, 4.69) is 51.2 Å². The summed E-state index contributed by atoms with van der Waals surface area (Å²) in [5, 5.41) is 4.08. The summed E-state index contributed by atoms with van der Waals surface area (Å²) in [7, 11) is 0. The Bertz CT molecular complexity index is 694. The van der Waals surface area contributed by atoms with Crippen LogP contribution in [0.1, 0.15) is 112 Å². The number of fused-ring (bicyclic) bond motifs is 5. The molecule has 6 unspecified atom stereocenters. The summed E-state index contributed by atoms with van der Waals surface area (Å²) in [5.74, 6) is 5.33. The molecule has 4 rings (SSSR count). The van der Waals surface area contributed by atoms with Gasteiger partial charge in [0.1, 0.15) is 5.82 Å². The van der Waals surface area contributed by atoms with Crippen molar-refractivity contribution in [2.45, 2.75) is 122 Å². The lowest BCUT2D eigenvalue weighted by Crippen LogP contribution is -2.69. The van der Waals surface area contributed by atoms with Crippen molar-refractivity contribution in [1.29, 1.82) is 0 Å². The maximum atomic E-state index is 7.38. The summed E-state index contributed by atoms with van der Waals surface area (Å²) in [6, 6.07) is 0. The maximum absolute atomic E-state index is 7.38. The van der Waals surface area contributed by atoms with E-state index in [0.717, 1.165) is 42.0 Å². The van der Waals surface area contributed by atoms with E-state index in [1.807, 2.05) is 0 Å². The van der Waals surface area contributed by atoms with Gasteiger partial charge < -0.3 is 15.8 Å². The van der Waals surface area contributed by atoms with Crippen LogP contribution in [0.5, 0.6) is 0 Å². The molecule has 0 saturated heterocycles. The molecule has 8 atom stereocenters. The molecule has 190 valence electrons. The molecule has 0 aromatic rings. The Morgan fingerprint density at radius 2 is 1.82 bits per heavy atom. The van der Waals surface area contributed by atoms with Crippen LogP contribution in [0.2, 0.25) is 0 Å². The SMILES string of the molecule is C=C(NCCCC1CCC2C3C[C@H](CC)C4(N)CCCCC4(C)[C@H]3CCC12C)NSC(C)C. The van der Waals surface area contributed by atoms with Crippen molar-refractivity contribution in [2.24, 2.45) is 46.2 Å². The highest BCUT2D eigenvalue weighted by molar-refractivity contribution is 7.98. The lowest BCUT2D eigenvalue weighted by molar-refractivity contribution is -0.148. The fourth-order valence-electron chi connectivity index (χ4n) is 9.50. The van der Waals surface area contributed by atoms with Crippen LogP contribution in [-0.2, 0) is 0 Å². The van der Waals surface area contributed by atoms with Gasteiger partial charge in [-0.1, -0.05) is 60.5 Å². The Morgan fingerprint density at radius 1 is 1.06 bits per heavy atom. The first kappa shape index (κ1) is 25.7. The van der Waals surface area contributed by atoms with Crippen molar-refractivity contribution < 1.29 is 0 Å². The molecule has 0 bridgehead atoms. The molecule has 4 aliphatic carbocycles. The summed E-state index contributed by atoms with van der Waals surface area (Å²) < 4.78 is 3.33. The van der Waals surface area contributed by atoms with Crippen LogP contribution >= 0.6 is 11.9 Å². The van der Waals surface area contributed by atoms with Crippen LogP contribution in [-0.4, -0.2) is 17.3 Å². The summed E-state index contributed by atoms with van der Waals surface area (Å²) in [5.41, 5.74) is 8.41. The first-order valence-electron chi connectivity index (χ1n) is 14.3. The second-order valence-electron chi connectivity index (χ2n) is 13.0. The molecule has 4 N–H and O–H groups in total. The molecule has 33 heavy (non-hydrogen) atoms. The zero-order valence-corrected chi connectivity index (χ0v) is 23.2. The monoisotopic (exact) mass is 475 g/mol. The topological polar surface area (TPSA) is 50.1 Å². The highest BCUT2D eigenvalue weighted by atomic mass is 32.2. The Balaban J connectivity index is 1.38. The average Bonchev–Trinajstić information content (AvgIpc) is 3.11. The van der Waals surface area contributed by atoms with E-state index in [0.29, 0.717) is 16.1 Å². The zero-order valence-electron chi connectivity index (χ0n) is 22.3. The van der Waals surface area contributed by atoms with Crippen molar-refractivity contribution in [3.63, 3.8) is 0 Å². The first-order valence-corrected chi connectivity index (χ1v) is 15.2. The van der Waals surface area contributed by atoms with Crippen molar-refractivity contribution in [1.82, 2.24) is 10.0 Å². The minimum absolute atomic E-state index is 0.100. The highest BCUT2D eigenvalue weighted by Gasteiger charge is 2.65. The number of nitrogens with two attached hydrogens (primary N) is 1. The van der Waals surface area contributed by atoms with Gasteiger partial charge in [-0.3, -0.25) is 0 Å². The number of nitrogens with one attached hydrogen (secondary N) is 2. The second kappa shape index (κ2) is 9.96. The van der Waals surface area contributed by atoms with Crippen LogP contribution in [0, 0.1) is 40.4 Å². The Morgan fingerprint density at radius 3 is 2.55 bits per heavy atom. The summed E-state index contributed by atoms with van der Waals surface area (Å²) >= 11 is 1.74. The van der Waals surface area contributed by atoms with E-state index in [9.17, 15) is 0 Å². The predicted octanol–water partition coefficient (Wildman–Crippen LogP) is 7.24. The number of hydrogen-bond acceptors (Lipinski definition) is 4. The molecular weight excluding hydrogens is 422 g/mol. The van der Waals surface area contributed by atoms with Gasteiger partial charge in [-0.15, -0.1) is 0 Å². The zero-order chi connectivity index (χ0) is 23.9. The lowest BCUT2D eigenvalue weighted by Gasteiger charge is -2.67.